The summed E-state index contributed by atoms with van der Waals surface area (Å²) < 4.78 is 28.1. The molecular weight excluding hydrogens is 348 g/mol. The fraction of sp³-hybridized carbons (Fsp3) is 0.462. The zero-order chi connectivity index (χ0) is 15.2. The molecule has 114 valence electrons. The van der Waals surface area contributed by atoms with E-state index in [-0.39, 0.29) is 14.7 Å². The van der Waals surface area contributed by atoms with Gasteiger partial charge in [-0.15, -0.1) is 11.3 Å². The van der Waals surface area contributed by atoms with Crippen molar-refractivity contribution in [2.75, 3.05) is 6.54 Å². The van der Waals surface area contributed by atoms with Crippen LogP contribution in [-0.4, -0.2) is 24.3 Å². The normalized spacial score (nSPS) is 19.7. The number of halogens is 1. The SMILES string of the molecule is CCC1c2ccsc2CCN1S(=O)(=O)c1sc(Cl)nc1C. The Bertz CT molecular complexity index is 766. The molecule has 3 rings (SSSR count). The van der Waals surface area contributed by atoms with Crippen LogP contribution in [0.2, 0.25) is 4.47 Å². The van der Waals surface area contributed by atoms with Crippen LogP contribution in [0.5, 0.6) is 0 Å². The minimum absolute atomic E-state index is 0.0923. The first-order valence-electron chi connectivity index (χ1n) is 6.66. The highest BCUT2D eigenvalue weighted by molar-refractivity contribution is 7.91. The van der Waals surface area contributed by atoms with Crippen LogP contribution in [0.1, 0.15) is 35.5 Å². The Morgan fingerprint density at radius 3 is 2.90 bits per heavy atom. The molecule has 0 saturated heterocycles. The number of sulfonamides is 1. The number of hydrogen-bond donors (Lipinski definition) is 0. The van der Waals surface area contributed by atoms with E-state index >= 15 is 0 Å². The second-order valence-corrected chi connectivity index (χ2v) is 9.60. The molecule has 0 radical (unpaired) electrons. The average molecular weight is 363 g/mol. The van der Waals surface area contributed by atoms with Crippen LogP contribution in [0.15, 0.2) is 15.7 Å². The van der Waals surface area contributed by atoms with E-state index in [9.17, 15) is 8.42 Å². The van der Waals surface area contributed by atoms with Gasteiger partial charge in [0.05, 0.1) is 11.7 Å². The van der Waals surface area contributed by atoms with Gasteiger partial charge in [-0.25, -0.2) is 13.4 Å². The third-order valence-corrected chi connectivity index (χ3v) is 8.46. The third kappa shape index (κ3) is 2.55. The van der Waals surface area contributed by atoms with E-state index in [2.05, 4.69) is 4.98 Å². The highest BCUT2D eigenvalue weighted by atomic mass is 35.5. The lowest BCUT2D eigenvalue weighted by Gasteiger charge is -2.34. The standard InChI is InChI=1S/C13H15ClN2O2S3/c1-3-10-9-5-7-19-11(9)4-6-16(10)21(17,18)12-8(2)15-13(14)20-12/h5,7,10H,3-4,6H2,1-2H3. The molecule has 4 nitrogen and oxygen atoms in total. The number of fused-ring (bicyclic) bond motifs is 1. The van der Waals surface area contributed by atoms with Crippen LogP contribution < -0.4 is 0 Å². The van der Waals surface area contributed by atoms with E-state index in [0.717, 1.165) is 29.7 Å². The maximum absolute atomic E-state index is 13.0. The molecule has 0 saturated carbocycles. The Morgan fingerprint density at radius 1 is 1.52 bits per heavy atom. The van der Waals surface area contributed by atoms with Gasteiger partial charge in [-0.05, 0) is 36.8 Å². The summed E-state index contributed by atoms with van der Waals surface area (Å²) in [6.45, 7) is 4.23. The zero-order valence-electron chi connectivity index (χ0n) is 11.7. The minimum atomic E-state index is -3.54. The summed E-state index contributed by atoms with van der Waals surface area (Å²) in [5, 5.41) is 2.04. The van der Waals surface area contributed by atoms with Crippen molar-refractivity contribution in [3.05, 3.63) is 32.0 Å². The van der Waals surface area contributed by atoms with Crippen LogP contribution in [0.25, 0.3) is 0 Å². The van der Waals surface area contributed by atoms with Gasteiger partial charge in [0.15, 0.2) is 8.68 Å². The lowest BCUT2D eigenvalue weighted by molar-refractivity contribution is 0.304. The van der Waals surface area contributed by atoms with Crippen molar-refractivity contribution in [2.24, 2.45) is 0 Å². The molecule has 0 aromatic carbocycles. The van der Waals surface area contributed by atoms with E-state index in [1.165, 1.54) is 4.88 Å². The Balaban J connectivity index is 2.05. The summed E-state index contributed by atoms with van der Waals surface area (Å²) >= 11 is 8.62. The van der Waals surface area contributed by atoms with Gasteiger partial charge in [0.2, 0.25) is 0 Å². The molecule has 1 aliphatic rings. The maximum Gasteiger partial charge on any atom is 0.255 e. The summed E-state index contributed by atoms with van der Waals surface area (Å²) in [6, 6.07) is 1.95. The molecule has 0 amide bonds. The smallest absolute Gasteiger partial charge is 0.229 e. The van der Waals surface area contributed by atoms with Crippen molar-refractivity contribution < 1.29 is 8.42 Å². The summed E-state index contributed by atoms with van der Waals surface area (Å²) in [5.74, 6) is 0. The highest BCUT2D eigenvalue weighted by Crippen LogP contribution is 2.40. The molecule has 0 fully saturated rings. The van der Waals surface area contributed by atoms with Crippen molar-refractivity contribution in [1.29, 1.82) is 0 Å². The molecular formula is C13H15ClN2O2S3. The number of thiophene rings is 1. The first kappa shape index (κ1) is 15.4. The zero-order valence-corrected chi connectivity index (χ0v) is 14.9. The first-order valence-corrected chi connectivity index (χ1v) is 10.2. The average Bonchev–Trinajstić information content (AvgIpc) is 3.03. The van der Waals surface area contributed by atoms with E-state index < -0.39 is 10.0 Å². The predicted molar refractivity (Wildman–Crippen MR) is 86.8 cm³/mol. The van der Waals surface area contributed by atoms with Gasteiger partial charge < -0.3 is 0 Å². The molecule has 2 aromatic rings. The fourth-order valence-electron chi connectivity index (χ4n) is 2.78. The van der Waals surface area contributed by atoms with Crippen LogP contribution in [-0.2, 0) is 16.4 Å². The predicted octanol–water partition coefficient (Wildman–Crippen LogP) is 3.86. The van der Waals surface area contributed by atoms with E-state index in [1.54, 1.807) is 22.6 Å². The second kappa shape index (κ2) is 5.62. The molecule has 8 heteroatoms. The summed E-state index contributed by atoms with van der Waals surface area (Å²) in [5.41, 5.74) is 1.63. The van der Waals surface area contributed by atoms with Crippen LogP contribution in [0.3, 0.4) is 0 Å². The number of rotatable bonds is 3. The number of hydrogen-bond acceptors (Lipinski definition) is 5. The molecule has 0 aliphatic carbocycles. The van der Waals surface area contributed by atoms with Gasteiger partial charge in [-0.1, -0.05) is 29.9 Å². The number of aromatic nitrogens is 1. The second-order valence-electron chi connectivity index (χ2n) is 4.93. The van der Waals surface area contributed by atoms with Crippen LogP contribution in [0, 0.1) is 6.92 Å². The molecule has 2 aromatic heterocycles. The molecule has 0 bridgehead atoms. The number of nitrogens with zero attached hydrogens (tertiary/aromatic N) is 2. The van der Waals surface area contributed by atoms with Crippen LogP contribution in [0.4, 0.5) is 0 Å². The molecule has 21 heavy (non-hydrogen) atoms. The Morgan fingerprint density at radius 2 is 2.29 bits per heavy atom. The van der Waals surface area contributed by atoms with E-state index in [1.807, 2.05) is 18.4 Å². The molecule has 0 spiro atoms. The van der Waals surface area contributed by atoms with Crippen LogP contribution >= 0.6 is 34.3 Å². The quantitative estimate of drug-likeness (QED) is 0.832. The first-order chi connectivity index (χ1) is 9.95. The molecule has 1 aliphatic heterocycles. The Hall–Kier alpha value is -0.470. The highest BCUT2D eigenvalue weighted by Gasteiger charge is 2.37. The molecule has 1 atom stereocenters. The van der Waals surface area contributed by atoms with Gasteiger partial charge in [-0.2, -0.15) is 4.31 Å². The summed E-state index contributed by atoms with van der Waals surface area (Å²) in [4.78, 5) is 5.34. The molecule has 1 unspecified atom stereocenters. The molecule has 3 heterocycles. The Labute approximate surface area is 137 Å². The van der Waals surface area contributed by atoms with Gasteiger partial charge in [0.1, 0.15) is 0 Å². The van der Waals surface area contributed by atoms with Crippen molar-refractivity contribution in [3.63, 3.8) is 0 Å². The van der Waals surface area contributed by atoms with Gasteiger partial charge in [-0.3, -0.25) is 0 Å². The number of thiazole rings is 1. The maximum atomic E-state index is 13.0. The van der Waals surface area contributed by atoms with Gasteiger partial charge >= 0.3 is 0 Å². The van der Waals surface area contributed by atoms with E-state index in [0.29, 0.717) is 12.2 Å². The fourth-order valence-corrected chi connectivity index (χ4v) is 7.24. The van der Waals surface area contributed by atoms with Crippen molar-refractivity contribution in [3.8, 4) is 0 Å². The van der Waals surface area contributed by atoms with E-state index in [4.69, 9.17) is 11.6 Å². The molecule has 0 N–H and O–H groups in total. The lowest BCUT2D eigenvalue weighted by Crippen LogP contribution is -2.39. The van der Waals surface area contributed by atoms with Crippen molar-refractivity contribution in [2.45, 2.75) is 36.9 Å². The van der Waals surface area contributed by atoms with Crippen molar-refractivity contribution in [1.82, 2.24) is 9.29 Å². The lowest BCUT2D eigenvalue weighted by atomic mass is 10.0. The monoisotopic (exact) mass is 362 g/mol. The largest absolute Gasteiger partial charge is 0.255 e. The topological polar surface area (TPSA) is 50.3 Å². The third-order valence-electron chi connectivity index (χ3n) is 3.70. The number of aryl methyl sites for hydroxylation is 1. The summed E-state index contributed by atoms with van der Waals surface area (Å²) in [7, 11) is -3.54. The summed E-state index contributed by atoms with van der Waals surface area (Å²) in [6.07, 6.45) is 1.53. The minimum Gasteiger partial charge on any atom is -0.229 e. The van der Waals surface area contributed by atoms with Crippen molar-refractivity contribution >= 4 is 44.3 Å². The Kier molecular flexibility index (Phi) is 4.13. The van der Waals surface area contributed by atoms with Gasteiger partial charge in [0, 0.05) is 11.4 Å². The van der Waals surface area contributed by atoms with Gasteiger partial charge in [0.25, 0.3) is 10.0 Å².